The Morgan fingerprint density at radius 3 is 2.79 bits per heavy atom. The fourth-order valence-corrected chi connectivity index (χ4v) is 1.85. The maximum Gasteiger partial charge on any atom is 0.238 e. The number of nitrogens with two attached hydrogens (primary N) is 1. The van der Waals surface area contributed by atoms with E-state index < -0.39 is 6.04 Å². The molecular weight excluding hydrogens is 240 g/mol. The summed E-state index contributed by atoms with van der Waals surface area (Å²) < 4.78 is 5.30. The van der Waals surface area contributed by atoms with Crippen LogP contribution in [0.5, 0.6) is 5.75 Å². The summed E-state index contributed by atoms with van der Waals surface area (Å²) >= 11 is 0. The third-order valence-electron chi connectivity index (χ3n) is 2.91. The number of nitrogens with one attached hydrogen (secondary N) is 1. The highest BCUT2D eigenvalue weighted by atomic mass is 16.5. The maximum absolute atomic E-state index is 11.9. The minimum atomic E-state index is -0.672. The van der Waals surface area contributed by atoms with Gasteiger partial charge in [0.25, 0.3) is 0 Å². The summed E-state index contributed by atoms with van der Waals surface area (Å²) in [4.78, 5) is 11.9. The van der Waals surface area contributed by atoms with Gasteiger partial charge in [-0.25, -0.2) is 0 Å². The second-order valence-corrected chi connectivity index (χ2v) is 4.23. The van der Waals surface area contributed by atoms with Crippen LogP contribution in [0, 0.1) is 12.3 Å². The summed E-state index contributed by atoms with van der Waals surface area (Å²) in [6.45, 7) is 1.99. The van der Waals surface area contributed by atoms with E-state index in [0.29, 0.717) is 0 Å². The van der Waals surface area contributed by atoms with Gasteiger partial charge in [-0.15, -0.1) is 12.3 Å². The molecule has 1 aromatic rings. The van der Waals surface area contributed by atoms with E-state index in [0.717, 1.165) is 17.7 Å². The SMILES string of the molecule is C#CCC(N)C(=O)NC(CC)c1ccccc1OC. The van der Waals surface area contributed by atoms with Gasteiger partial charge in [-0.1, -0.05) is 25.1 Å². The summed E-state index contributed by atoms with van der Waals surface area (Å²) in [6.07, 6.45) is 6.13. The number of rotatable bonds is 6. The lowest BCUT2D eigenvalue weighted by Crippen LogP contribution is -2.42. The van der Waals surface area contributed by atoms with Gasteiger partial charge in [0.1, 0.15) is 5.75 Å². The standard InChI is InChI=1S/C15H20N2O2/c1-4-8-12(16)15(18)17-13(5-2)11-9-6-7-10-14(11)19-3/h1,6-7,9-10,12-13H,5,8,16H2,2-3H3,(H,17,18). The quantitative estimate of drug-likeness (QED) is 0.764. The molecule has 0 aliphatic rings. The molecule has 0 aromatic heterocycles. The molecule has 0 saturated heterocycles. The van der Waals surface area contributed by atoms with Crippen LogP contribution in [0.1, 0.15) is 31.4 Å². The third-order valence-corrected chi connectivity index (χ3v) is 2.91. The van der Waals surface area contributed by atoms with Gasteiger partial charge in [0.15, 0.2) is 0 Å². The molecule has 0 bridgehead atoms. The van der Waals surface area contributed by atoms with E-state index in [9.17, 15) is 4.79 Å². The number of ether oxygens (including phenoxy) is 1. The Morgan fingerprint density at radius 2 is 2.21 bits per heavy atom. The molecule has 102 valence electrons. The largest absolute Gasteiger partial charge is 0.496 e. The maximum atomic E-state index is 11.9. The van der Waals surface area contributed by atoms with Gasteiger partial charge in [-0.05, 0) is 12.5 Å². The van der Waals surface area contributed by atoms with E-state index >= 15 is 0 Å². The second kappa shape index (κ2) is 7.45. The molecule has 2 unspecified atom stereocenters. The van der Waals surface area contributed by atoms with E-state index in [1.807, 2.05) is 31.2 Å². The molecule has 0 aliphatic carbocycles. The van der Waals surface area contributed by atoms with Crippen LogP contribution in [0.4, 0.5) is 0 Å². The van der Waals surface area contributed by atoms with E-state index in [1.165, 1.54) is 0 Å². The number of methoxy groups -OCH3 is 1. The Bertz CT molecular complexity index is 465. The first kappa shape index (κ1) is 15.1. The number of terminal acetylenes is 1. The molecule has 0 radical (unpaired) electrons. The fourth-order valence-electron chi connectivity index (χ4n) is 1.85. The average Bonchev–Trinajstić information content (AvgIpc) is 2.44. The molecule has 0 heterocycles. The molecular formula is C15H20N2O2. The van der Waals surface area contributed by atoms with Crippen molar-refractivity contribution in [3.05, 3.63) is 29.8 Å². The molecule has 0 saturated carbocycles. The van der Waals surface area contributed by atoms with Crippen molar-refractivity contribution in [1.29, 1.82) is 0 Å². The van der Waals surface area contributed by atoms with Gasteiger partial charge >= 0.3 is 0 Å². The fraction of sp³-hybridized carbons (Fsp3) is 0.400. The van der Waals surface area contributed by atoms with Gasteiger partial charge in [0, 0.05) is 12.0 Å². The van der Waals surface area contributed by atoms with Crippen LogP contribution >= 0.6 is 0 Å². The van der Waals surface area contributed by atoms with Gasteiger partial charge < -0.3 is 15.8 Å². The lowest BCUT2D eigenvalue weighted by Gasteiger charge is -2.21. The first-order valence-electron chi connectivity index (χ1n) is 6.26. The molecule has 0 fully saturated rings. The number of benzene rings is 1. The zero-order valence-electron chi connectivity index (χ0n) is 11.3. The Kier molecular flexibility index (Phi) is 5.91. The topological polar surface area (TPSA) is 64.4 Å². The first-order chi connectivity index (χ1) is 9.13. The number of para-hydroxylation sites is 1. The van der Waals surface area contributed by atoms with Crippen molar-refractivity contribution in [1.82, 2.24) is 5.32 Å². The molecule has 4 nitrogen and oxygen atoms in total. The van der Waals surface area contributed by atoms with Gasteiger partial charge in [-0.2, -0.15) is 0 Å². The van der Waals surface area contributed by atoms with Gasteiger partial charge in [0.05, 0.1) is 19.2 Å². The van der Waals surface area contributed by atoms with Crippen LogP contribution < -0.4 is 15.8 Å². The molecule has 1 rings (SSSR count). The summed E-state index contributed by atoms with van der Waals surface area (Å²) in [5, 5.41) is 2.90. The number of amides is 1. The van der Waals surface area contributed by atoms with Crippen molar-refractivity contribution in [2.24, 2.45) is 5.73 Å². The normalized spacial score (nSPS) is 13.2. The van der Waals surface area contributed by atoms with Crippen molar-refractivity contribution < 1.29 is 9.53 Å². The van der Waals surface area contributed by atoms with Crippen molar-refractivity contribution in [2.75, 3.05) is 7.11 Å². The zero-order valence-corrected chi connectivity index (χ0v) is 11.3. The van der Waals surface area contributed by atoms with Crippen LogP contribution in [-0.2, 0) is 4.79 Å². The lowest BCUT2D eigenvalue weighted by molar-refractivity contribution is -0.123. The van der Waals surface area contributed by atoms with Gasteiger partial charge in [0.2, 0.25) is 5.91 Å². The Labute approximate surface area is 114 Å². The smallest absolute Gasteiger partial charge is 0.238 e. The molecule has 2 atom stereocenters. The van der Waals surface area contributed by atoms with E-state index in [2.05, 4.69) is 11.2 Å². The minimum absolute atomic E-state index is 0.132. The Balaban J connectivity index is 2.84. The van der Waals surface area contributed by atoms with Crippen LogP contribution in [0.25, 0.3) is 0 Å². The van der Waals surface area contributed by atoms with Crippen LogP contribution in [0.15, 0.2) is 24.3 Å². The molecule has 3 N–H and O–H groups in total. The molecule has 0 spiro atoms. The van der Waals surface area contributed by atoms with Crippen LogP contribution in [0.2, 0.25) is 0 Å². The number of carbonyl (C=O) groups excluding carboxylic acids is 1. The molecule has 1 aromatic carbocycles. The van der Waals surface area contributed by atoms with Gasteiger partial charge in [-0.3, -0.25) is 4.79 Å². The Morgan fingerprint density at radius 1 is 1.53 bits per heavy atom. The van der Waals surface area contributed by atoms with Crippen LogP contribution in [-0.4, -0.2) is 19.1 Å². The highest BCUT2D eigenvalue weighted by Crippen LogP contribution is 2.26. The molecule has 1 amide bonds. The summed E-state index contributed by atoms with van der Waals surface area (Å²) in [5.41, 5.74) is 6.63. The predicted octanol–water partition coefficient (Wildman–Crippen LogP) is 1.61. The summed E-state index contributed by atoms with van der Waals surface area (Å²) in [6, 6.07) is 6.79. The number of carbonyl (C=O) groups is 1. The monoisotopic (exact) mass is 260 g/mol. The highest BCUT2D eigenvalue weighted by Gasteiger charge is 2.19. The minimum Gasteiger partial charge on any atom is -0.496 e. The lowest BCUT2D eigenvalue weighted by atomic mass is 10.0. The first-order valence-corrected chi connectivity index (χ1v) is 6.26. The Hall–Kier alpha value is -1.99. The van der Waals surface area contributed by atoms with Crippen molar-refractivity contribution in [3.8, 4) is 18.1 Å². The van der Waals surface area contributed by atoms with Crippen molar-refractivity contribution in [3.63, 3.8) is 0 Å². The summed E-state index contributed by atoms with van der Waals surface area (Å²) in [5.74, 6) is 2.90. The summed E-state index contributed by atoms with van der Waals surface area (Å²) in [7, 11) is 1.61. The van der Waals surface area contributed by atoms with Crippen LogP contribution in [0.3, 0.4) is 0 Å². The van der Waals surface area contributed by atoms with E-state index in [-0.39, 0.29) is 18.4 Å². The second-order valence-electron chi connectivity index (χ2n) is 4.23. The molecule has 19 heavy (non-hydrogen) atoms. The van der Waals surface area contributed by atoms with Crippen molar-refractivity contribution in [2.45, 2.75) is 31.8 Å². The van der Waals surface area contributed by atoms with E-state index in [1.54, 1.807) is 7.11 Å². The van der Waals surface area contributed by atoms with E-state index in [4.69, 9.17) is 16.9 Å². The predicted molar refractivity (Wildman–Crippen MR) is 75.6 cm³/mol. The third kappa shape index (κ3) is 4.01. The molecule has 0 aliphatic heterocycles. The highest BCUT2D eigenvalue weighted by molar-refractivity contribution is 5.82. The zero-order chi connectivity index (χ0) is 14.3. The molecule has 4 heteroatoms. The van der Waals surface area contributed by atoms with Crippen molar-refractivity contribution >= 4 is 5.91 Å². The number of hydrogen-bond donors (Lipinski definition) is 2. The number of hydrogen-bond acceptors (Lipinski definition) is 3. The average molecular weight is 260 g/mol.